The fraction of sp³-hybridized carbons (Fsp3) is 0.333. The number of nitrogens with two attached hydrogens (primary N) is 1. The maximum absolute atomic E-state index is 12.5. The molecule has 5 N–H and O–H groups in total. The van der Waals surface area contributed by atoms with E-state index in [1.807, 2.05) is 4.90 Å². The number of nitrogen functional groups attached to an aromatic ring is 1. The van der Waals surface area contributed by atoms with Crippen molar-refractivity contribution in [3.63, 3.8) is 0 Å². The highest BCUT2D eigenvalue weighted by atomic mass is 19.4. The summed E-state index contributed by atoms with van der Waals surface area (Å²) in [6.45, 7) is 2.23. The second-order valence-corrected chi connectivity index (χ2v) is 7.78. The van der Waals surface area contributed by atoms with Crippen LogP contribution in [0.4, 0.5) is 13.2 Å². The van der Waals surface area contributed by atoms with Gasteiger partial charge in [0.2, 0.25) is 0 Å². The van der Waals surface area contributed by atoms with Gasteiger partial charge >= 0.3 is 12.1 Å². The number of carbonyl (C=O) groups excluding carboxylic acids is 2. The first-order valence-electron chi connectivity index (χ1n) is 11.0. The summed E-state index contributed by atoms with van der Waals surface area (Å²) in [4.78, 5) is 35.5. The second-order valence-electron chi connectivity index (χ2n) is 7.78. The van der Waals surface area contributed by atoms with Crippen molar-refractivity contribution in [3.05, 3.63) is 65.2 Å². The molecule has 36 heavy (non-hydrogen) atoms. The number of benzene rings is 2. The minimum Gasteiger partial charge on any atom is -0.492 e. The first-order valence-corrected chi connectivity index (χ1v) is 11.0. The Hall–Kier alpha value is -4.09. The van der Waals surface area contributed by atoms with Gasteiger partial charge in [0.15, 0.2) is 0 Å². The van der Waals surface area contributed by atoms with Gasteiger partial charge in [-0.3, -0.25) is 15.0 Å². The number of rotatable bonds is 7. The number of halogens is 3. The average molecular weight is 508 g/mol. The first kappa shape index (κ1) is 28.1. The van der Waals surface area contributed by atoms with Crippen molar-refractivity contribution < 1.29 is 37.4 Å². The van der Waals surface area contributed by atoms with Crippen LogP contribution in [-0.2, 0) is 4.79 Å². The van der Waals surface area contributed by atoms with Crippen LogP contribution in [0.25, 0.3) is 0 Å². The lowest BCUT2D eigenvalue weighted by molar-refractivity contribution is -0.192. The molecule has 9 nitrogen and oxygen atoms in total. The summed E-state index contributed by atoms with van der Waals surface area (Å²) >= 11 is 0. The van der Waals surface area contributed by atoms with E-state index in [0.29, 0.717) is 35.6 Å². The van der Waals surface area contributed by atoms with Crippen LogP contribution in [0.15, 0.2) is 48.5 Å². The van der Waals surface area contributed by atoms with Crippen molar-refractivity contribution in [1.29, 1.82) is 5.41 Å². The number of piperidine rings is 1. The molecule has 1 aliphatic heterocycles. The average Bonchev–Trinajstić information content (AvgIpc) is 2.86. The van der Waals surface area contributed by atoms with Crippen LogP contribution in [0, 0.1) is 5.41 Å². The number of amidine groups is 1. The van der Waals surface area contributed by atoms with Crippen molar-refractivity contribution in [2.24, 2.45) is 5.73 Å². The standard InChI is InChI=1S/C22H26N4O3.C2HF3O2/c23-20(24)18-5-4-6-19(15-18)29-14-11-25-21(27)16-7-9-17(10-8-16)22(28)26-12-2-1-3-13-26;3-2(4,5)1(6)7/h4-10,15H,1-3,11-14H2,(H3,23,24)(H,25,27);(H,6,7). The van der Waals surface area contributed by atoms with Gasteiger partial charge in [0.1, 0.15) is 18.2 Å². The van der Waals surface area contributed by atoms with Gasteiger partial charge in [-0.05, 0) is 55.7 Å². The smallest absolute Gasteiger partial charge is 0.490 e. The Balaban J connectivity index is 0.000000572. The summed E-state index contributed by atoms with van der Waals surface area (Å²) in [5, 5.41) is 17.4. The van der Waals surface area contributed by atoms with Crippen LogP contribution in [0.2, 0.25) is 0 Å². The third-order valence-electron chi connectivity index (χ3n) is 5.08. The van der Waals surface area contributed by atoms with E-state index in [0.717, 1.165) is 25.9 Å². The summed E-state index contributed by atoms with van der Waals surface area (Å²) in [5.74, 6) is -2.38. The number of hydrogen-bond donors (Lipinski definition) is 4. The number of carboxylic acid groups (broad SMARTS) is 1. The summed E-state index contributed by atoms with van der Waals surface area (Å²) in [7, 11) is 0. The molecule has 3 rings (SSSR count). The summed E-state index contributed by atoms with van der Waals surface area (Å²) in [5.41, 5.74) is 7.16. The number of aliphatic carboxylic acids is 1. The van der Waals surface area contributed by atoms with Crippen molar-refractivity contribution in [2.45, 2.75) is 25.4 Å². The number of nitrogens with one attached hydrogen (secondary N) is 2. The van der Waals surface area contributed by atoms with Gasteiger partial charge in [0.25, 0.3) is 11.8 Å². The normalized spacial score (nSPS) is 13.1. The third kappa shape index (κ3) is 8.93. The molecule has 0 radical (unpaired) electrons. The van der Waals surface area contributed by atoms with E-state index in [2.05, 4.69) is 5.32 Å². The number of likely N-dealkylation sites (tertiary alicyclic amines) is 1. The molecule has 1 heterocycles. The van der Waals surface area contributed by atoms with Crippen LogP contribution < -0.4 is 15.8 Å². The van der Waals surface area contributed by atoms with Crippen molar-refractivity contribution in [2.75, 3.05) is 26.2 Å². The van der Waals surface area contributed by atoms with E-state index in [-0.39, 0.29) is 17.6 Å². The minimum absolute atomic E-state index is 0.0223. The number of carboxylic acids is 1. The number of nitrogens with zero attached hydrogens (tertiary/aromatic N) is 1. The quantitative estimate of drug-likeness (QED) is 0.257. The van der Waals surface area contributed by atoms with Crippen molar-refractivity contribution >= 4 is 23.6 Å². The van der Waals surface area contributed by atoms with Crippen LogP contribution in [-0.4, -0.2) is 66.0 Å². The molecule has 0 aromatic heterocycles. The zero-order valence-corrected chi connectivity index (χ0v) is 19.3. The van der Waals surface area contributed by atoms with Gasteiger partial charge in [0.05, 0.1) is 6.54 Å². The Morgan fingerprint density at radius 1 is 1.00 bits per heavy atom. The molecule has 2 amide bonds. The van der Waals surface area contributed by atoms with Crippen LogP contribution in [0.5, 0.6) is 5.75 Å². The fourth-order valence-electron chi connectivity index (χ4n) is 3.23. The van der Waals surface area contributed by atoms with E-state index >= 15 is 0 Å². The van der Waals surface area contributed by atoms with Crippen molar-refractivity contribution in [3.8, 4) is 5.75 Å². The SMILES string of the molecule is N=C(N)c1cccc(OCCNC(=O)c2ccc(C(=O)N3CCCCC3)cc2)c1.O=C(O)C(F)(F)F. The van der Waals surface area contributed by atoms with Gasteiger partial charge in [-0.25, -0.2) is 4.79 Å². The highest BCUT2D eigenvalue weighted by Gasteiger charge is 2.38. The molecule has 12 heteroatoms. The molecule has 2 aromatic carbocycles. The predicted octanol–water partition coefficient (Wildman–Crippen LogP) is 3.04. The molecule has 0 spiro atoms. The molecule has 0 atom stereocenters. The third-order valence-corrected chi connectivity index (χ3v) is 5.08. The Morgan fingerprint density at radius 2 is 1.58 bits per heavy atom. The summed E-state index contributed by atoms with van der Waals surface area (Å²) < 4.78 is 37.3. The number of amides is 2. The Bertz CT molecular complexity index is 1070. The number of alkyl halides is 3. The molecule has 1 aliphatic rings. The molecule has 0 bridgehead atoms. The maximum Gasteiger partial charge on any atom is 0.490 e. The molecule has 194 valence electrons. The molecular formula is C24H27F3N4O5. The van der Waals surface area contributed by atoms with E-state index in [9.17, 15) is 22.8 Å². The molecular weight excluding hydrogens is 481 g/mol. The largest absolute Gasteiger partial charge is 0.492 e. The first-order chi connectivity index (χ1) is 17.0. The van der Waals surface area contributed by atoms with Crippen LogP contribution in [0.1, 0.15) is 45.5 Å². The van der Waals surface area contributed by atoms with Gasteiger partial charge in [-0.1, -0.05) is 12.1 Å². The van der Waals surface area contributed by atoms with E-state index in [4.69, 9.17) is 25.8 Å². The van der Waals surface area contributed by atoms with Crippen molar-refractivity contribution in [1.82, 2.24) is 10.2 Å². The van der Waals surface area contributed by atoms with E-state index < -0.39 is 12.1 Å². The highest BCUT2D eigenvalue weighted by molar-refractivity contribution is 5.98. The van der Waals surface area contributed by atoms with E-state index in [1.54, 1.807) is 48.5 Å². The zero-order valence-electron chi connectivity index (χ0n) is 19.3. The topological polar surface area (TPSA) is 146 Å². The number of ether oxygens (including phenoxy) is 1. The Labute approximate surface area is 205 Å². The predicted molar refractivity (Wildman–Crippen MR) is 125 cm³/mol. The minimum atomic E-state index is -5.08. The van der Waals surface area contributed by atoms with Gasteiger partial charge < -0.3 is 25.8 Å². The molecule has 0 unspecified atom stereocenters. The van der Waals surface area contributed by atoms with Gasteiger partial charge in [0, 0.05) is 29.8 Å². The summed E-state index contributed by atoms with van der Waals surface area (Å²) in [6.07, 6.45) is -1.81. The van der Waals surface area contributed by atoms with Crippen LogP contribution >= 0.6 is 0 Å². The lowest BCUT2D eigenvalue weighted by Crippen LogP contribution is -2.35. The second kappa shape index (κ2) is 13.1. The lowest BCUT2D eigenvalue weighted by atomic mass is 10.1. The molecule has 1 saturated heterocycles. The molecule has 0 aliphatic carbocycles. The van der Waals surface area contributed by atoms with Gasteiger partial charge in [-0.15, -0.1) is 0 Å². The zero-order chi connectivity index (χ0) is 26.7. The number of carbonyl (C=O) groups is 3. The monoisotopic (exact) mass is 508 g/mol. The van der Waals surface area contributed by atoms with Gasteiger partial charge in [-0.2, -0.15) is 13.2 Å². The van der Waals surface area contributed by atoms with Crippen LogP contribution in [0.3, 0.4) is 0 Å². The fourth-order valence-corrected chi connectivity index (χ4v) is 3.23. The Kier molecular flexibility index (Phi) is 10.3. The van der Waals surface area contributed by atoms with E-state index in [1.165, 1.54) is 6.42 Å². The highest BCUT2D eigenvalue weighted by Crippen LogP contribution is 2.15. The summed E-state index contributed by atoms with van der Waals surface area (Å²) in [6, 6.07) is 13.7. The lowest BCUT2D eigenvalue weighted by Gasteiger charge is -2.26. The molecule has 2 aromatic rings. The Morgan fingerprint density at radius 3 is 2.14 bits per heavy atom. The molecule has 0 saturated carbocycles. The molecule has 1 fully saturated rings. The maximum atomic E-state index is 12.5. The number of hydrogen-bond acceptors (Lipinski definition) is 5.